The average molecular weight is 277 g/mol. The first-order valence-corrected chi connectivity index (χ1v) is 6.08. The summed E-state index contributed by atoms with van der Waals surface area (Å²) in [4.78, 5) is 11.1. The van der Waals surface area contributed by atoms with E-state index < -0.39 is 18.0 Å². The van der Waals surface area contributed by atoms with Crippen molar-refractivity contribution in [3.05, 3.63) is 33.8 Å². The summed E-state index contributed by atoms with van der Waals surface area (Å²) in [5.41, 5.74) is 0.361. The van der Waals surface area contributed by atoms with Crippen molar-refractivity contribution in [3.8, 4) is 0 Å². The molecule has 0 amide bonds. The number of hydrogen-bond acceptors (Lipinski definition) is 2. The lowest BCUT2D eigenvalue weighted by Crippen LogP contribution is -2.22. The molecule has 0 radical (unpaired) electrons. The monoisotopic (exact) mass is 276 g/mol. The number of benzene rings is 1. The molecule has 0 aliphatic carbocycles. The lowest BCUT2D eigenvalue weighted by Gasteiger charge is -2.20. The minimum absolute atomic E-state index is 0.323. The van der Waals surface area contributed by atoms with E-state index in [0.29, 0.717) is 28.5 Å². The molecule has 0 bridgehead atoms. The Labute approximate surface area is 110 Å². The van der Waals surface area contributed by atoms with Gasteiger partial charge < -0.3 is 10.2 Å². The van der Waals surface area contributed by atoms with Crippen LogP contribution in [0, 0.1) is 5.92 Å². The number of aliphatic hydroxyl groups is 1. The molecular weight excluding hydrogens is 263 g/mol. The third-order valence-electron chi connectivity index (χ3n) is 2.57. The summed E-state index contributed by atoms with van der Waals surface area (Å²) in [5, 5.41) is 19.9. The van der Waals surface area contributed by atoms with Gasteiger partial charge in [-0.25, -0.2) is 0 Å². The maximum absolute atomic E-state index is 11.1. The van der Waals surface area contributed by atoms with Crippen molar-refractivity contribution in [2.45, 2.75) is 25.9 Å². The first-order chi connectivity index (χ1) is 7.97. The van der Waals surface area contributed by atoms with Crippen LogP contribution < -0.4 is 0 Å². The Morgan fingerprint density at radius 3 is 2.59 bits per heavy atom. The number of rotatable bonds is 5. The topological polar surface area (TPSA) is 57.5 Å². The highest BCUT2D eigenvalue weighted by atomic mass is 35.5. The zero-order valence-electron chi connectivity index (χ0n) is 9.36. The zero-order valence-corrected chi connectivity index (χ0v) is 10.9. The van der Waals surface area contributed by atoms with Gasteiger partial charge in [0.15, 0.2) is 0 Å². The Morgan fingerprint density at radius 2 is 2.06 bits per heavy atom. The fourth-order valence-electron chi connectivity index (χ4n) is 1.69. The van der Waals surface area contributed by atoms with E-state index in [0.717, 1.165) is 0 Å². The summed E-state index contributed by atoms with van der Waals surface area (Å²) >= 11 is 11.7. The summed E-state index contributed by atoms with van der Waals surface area (Å²) in [5.74, 6) is -1.90. The van der Waals surface area contributed by atoms with Gasteiger partial charge in [0.2, 0.25) is 0 Å². The van der Waals surface area contributed by atoms with E-state index in [1.807, 2.05) is 6.92 Å². The van der Waals surface area contributed by atoms with Crippen LogP contribution in [0.25, 0.3) is 0 Å². The van der Waals surface area contributed by atoms with Crippen LogP contribution in [0.3, 0.4) is 0 Å². The minimum atomic E-state index is -1.14. The number of aliphatic hydroxyl groups excluding tert-OH is 1. The van der Waals surface area contributed by atoms with Crippen LogP contribution in [0.1, 0.15) is 31.4 Å². The lowest BCUT2D eigenvalue weighted by atomic mass is 9.92. The van der Waals surface area contributed by atoms with Gasteiger partial charge in [0, 0.05) is 15.6 Å². The molecule has 0 saturated heterocycles. The van der Waals surface area contributed by atoms with Crippen molar-refractivity contribution in [3.63, 3.8) is 0 Å². The molecule has 2 unspecified atom stereocenters. The summed E-state index contributed by atoms with van der Waals surface area (Å²) in [6.45, 7) is 1.86. The summed E-state index contributed by atoms with van der Waals surface area (Å²) in [6, 6.07) is 4.64. The second kappa shape index (κ2) is 6.24. The summed E-state index contributed by atoms with van der Waals surface area (Å²) in [7, 11) is 0. The lowest BCUT2D eigenvalue weighted by molar-refractivity contribution is -0.146. The predicted molar refractivity (Wildman–Crippen MR) is 67.5 cm³/mol. The quantitative estimate of drug-likeness (QED) is 0.865. The number of halogens is 2. The van der Waals surface area contributed by atoms with Crippen LogP contribution in [-0.4, -0.2) is 16.2 Å². The van der Waals surface area contributed by atoms with E-state index in [1.54, 1.807) is 12.1 Å². The van der Waals surface area contributed by atoms with Gasteiger partial charge in [0.05, 0.1) is 12.0 Å². The number of carboxylic acid groups (broad SMARTS) is 1. The molecule has 0 saturated carbocycles. The van der Waals surface area contributed by atoms with E-state index in [4.69, 9.17) is 28.3 Å². The molecule has 1 rings (SSSR count). The van der Waals surface area contributed by atoms with Gasteiger partial charge in [0.1, 0.15) is 0 Å². The summed E-state index contributed by atoms with van der Waals surface area (Å²) in [6.07, 6.45) is -0.0791. The van der Waals surface area contributed by atoms with Crippen molar-refractivity contribution < 1.29 is 15.0 Å². The number of carbonyl (C=O) groups is 1. The maximum atomic E-state index is 11.1. The van der Waals surface area contributed by atoms with E-state index >= 15 is 0 Å². The second-order valence-electron chi connectivity index (χ2n) is 3.84. The fourth-order valence-corrected chi connectivity index (χ4v) is 2.10. The van der Waals surface area contributed by atoms with Crippen molar-refractivity contribution in [2.75, 3.05) is 0 Å². The molecule has 3 nitrogen and oxygen atoms in total. The van der Waals surface area contributed by atoms with Crippen LogP contribution in [0.2, 0.25) is 10.0 Å². The number of hydrogen-bond donors (Lipinski definition) is 2. The van der Waals surface area contributed by atoms with Gasteiger partial charge in [-0.15, -0.1) is 0 Å². The average Bonchev–Trinajstić information content (AvgIpc) is 2.28. The van der Waals surface area contributed by atoms with E-state index in [2.05, 4.69) is 0 Å². The molecule has 0 spiro atoms. The van der Waals surface area contributed by atoms with Crippen LogP contribution in [0.5, 0.6) is 0 Å². The normalized spacial score (nSPS) is 14.4. The van der Waals surface area contributed by atoms with Crippen molar-refractivity contribution in [1.29, 1.82) is 0 Å². The Bertz CT molecular complexity index is 407. The van der Waals surface area contributed by atoms with Crippen molar-refractivity contribution in [2.24, 2.45) is 5.92 Å². The molecule has 1 aromatic rings. The largest absolute Gasteiger partial charge is 0.481 e. The van der Waals surface area contributed by atoms with E-state index in [-0.39, 0.29) is 0 Å². The summed E-state index contributed by atoms with van der Waals surface area (Å²) < 4.78 is 0. The van der Waals surface area contributed by atoms with Gasteiger partial charge in [0.25, 0.3) is 0 Å². The molecule has 0 heterocycles. The Kier molecular flexibility index (Phi) is 5.25. The molecule has 1 aromatic carbocycles. The standard InChI is InChI=1S/C12H14Cl2O3/c1-2-3-8(12(16)17)11(15)9-6-7(13)4-5-10(9)14/h4-6,8,11,15H,2-3H2,1H3,(H,16,17). The highest BCUT2D eigenvalue weighted by Crippen LogP contribution is 2.32. The van der Waals surface area contributed by atoms with Crippen LogP contribution >= 0.6 is 23.2 Å². The molecule has 0 aliphatic rings. The van der Waals surface area contributed by atoms with Gasteiger partial charge >= 0.3 is 5.97 Å². The van der Waals surface area contributed by atoms with Crippen molar-refractivity contribution >= 4 is 29.2 Å². The number of carboxylic acids is 1. The third-order valence-corrected chi connectivity index (χ3v) is 3.15. The van der Waals surface area contributed by atoms with E-state index in [9.17, 15) is 9.90 Å². The molecule has 94 valence electrons. The first-order valence-electron chi connectivity index (χ1n) is 5.33. The molecule has 0 aliphatic heterocycles. The van der Waals surface area contributed by atoms with Crippen molar-refractivity contribution in [1.82, 2.24) is 0 Å². The van der Waals surface area contributed by atoms with Gasteiger partial charge in [-0.3, -0.25) is 4.79 Å². The number of aliphatic carboxylic acids is 1. The van der Waals surface area contributed by atoms with Crippen LogP contribution in [0.15, 0.2) is 18.2 Å². The molecule has 17 heavy (non-hydrogen) atoms. The molecular formula is C12H14Cl2O3. The second-order valence-corrected chi connectivity index (χ2v) is 4.69. The molecule has 0 aromatic heterocycles. The first kappa shape index (κ1) is 14.3. The Morgan fingerprint density at radius 1 is 1.41 bits per heavy atom. The zero-order chi connectivity index (χ0) is 13.0. The fraction of sp³-hybridized carbons (Fsp3) is 0.417. The highest BCUT2D eigenvalue weighted by Gasteiger charge is 2.28. The maximum Gasteiger partial charge on any atom is 0.309 e. The van der Waals surface area contributed by atoms with Crippen LogP contribution in [-0.2, 0) is 4.79 Å². The Balaban J connectivity index is 3.04. The predicted octanol–water partition coefficient (Wildman–Crippen LogP) is 3.53. The SMILES string of the molecule is CCCC(C(=O)O)C(O)c1cc(Cl)ccc1Cl. The third kappa shape index (κ3) is 3.60. The van der Waals surface area contributed by atoms with E-state index in [1.165, 1.54) is 6.07 Å². The van der Waals surface area contributed by atoms with Gasteiger partial charge in [-0.1, -0.05) is 36.5 Å². The molecule has 5 heteroatoms. The molecule has 2 atom stereocenters. The Hall–Kier alpha value is -0.770. The molecule has 0 fully saturated rings. The highest BCUT2D eigenvalue weighted by molar-refractivity contribution is 6.33. The smallest absolute Gasteiger partial charge is 0.309 e. The molecule has 2 N–H and O–H groups in total. The van der Waals surface area contributed by atoms with Crippen LogP contribution in [0.4, 0.5) is 0 Å². The minimum Gasteiger partial charge on any atom is -0.481 e. The van der Waals surface area contributed by atoms with Gasteiger partial charge in [-0.05, 0) is 24.6 Å². The van der Waals surface area contributed by atoms with Gasteiger partial charge in [-0.2, -0.15) is 0 Å².